The number of carbonyl (C=O) groups is 2. The number of rotatable bonds is 8. The molecule has 2 aromatic carbocycles. The molecule has 2 aromatic rings. The van der Waals surface area contributed by atoms with Crippen LogP contribution in [0.2, 0.25) is 5.02 Å². The second-order valence-electron chi connectivity index (χ2n) is 7.15. The number of hydrogen-bond donors (Lipinski definition) is 0. The van der Waals surface area contributed by atoms with Crippen molar-refractivity contribution in [1.82, 2.24) is 9.80 Å². The lowest BCUT2D eigenvalue weighted by atomic mass is 10.1. The fourth-order valence-electron chi connectivity index (χ4n) is 3.40. The van der Waals surface area contributed by atoms with E-state index in [2.05, 4.69) is 12.1 Å². The average molecular weight is 415 g/mol. The molecule has 5 nitrogen and oxygen atoms in total. The van der Waals surface area contributed by atoms with Crippen LogP contribution in [0.5, 0.6) is 5.75 Å². The van der Waals surface area contributed by atoms with Gasteiger partial charge in [0.2, 0.25) is 11.8 Å². The first-order valence-electron chi connectivity index (χ1n) is 10.1. The zero-order chi connectivity index (χ0) is 20.5. The van der Waals surface area contributed by atoms with Crippen molar-refractivity contribution in [3.05, 3.63) is 65.2 Å². The summed E-state index contributed by atoms with van der Waals surface area (Å²) in [5.41, 5.74) is 1.26. The number of aryl methyl sites for hydroxylation is 1. The van der Waals surface area contributed by atoms with Crippen molar-refractivity contribution >= 4 is 23.4 Å². The van der Waals surface area contributed by atoms with Crippen LogP contribution in [0.4, 0.5) is 0 Å². The van der Waals surface area contributed by atoms with Crippen molar-refractivity contribution in [2.75, 3.05) is 32.8 Å². The zero-order valence-electron chi connectivity index (χ0n) is 16.6. The number of ether oxygens (including phenoxy) is 1. The van der Waals surface area contributed by atoms with Crippen molar-refractivity contribution in [1.29, 1.82) is 0 Å². The summed E-state index contributed by atoms with van der Waals surface area (Å²) in [6, 6.07) is 17.3. The van der Waals surface area contributed by atoms with Gasteiger partial charge in [-0.1, -0.05) is 41.9 Å². The van der Waals surface area contributed by atoms with Gasteiger partial charge in [0.25, 0.3) is 0 Å². The lowest BCUT2D eigenvalue weighted by molar-refractivity contribution is -0.139. The van der Waals surface area contributed by atoms with Crippen molar-refractivity contribution in [3.8, 4) is 5.75 Å². The predicted octanol–water partition coefficient (Wildman–Crippen LogP) is 3.80. The normalized spacial score (nSPS) is 14.0. The van der Waals surface area contributed by atoms with Gasteiger partial charge in [-0.15, -0.1) is 0 Å². The fourth-order valence-corrected chi connectivity index (χ4v) is 3.52. The minimum Gasteiger partial charge on any atom is -0.493 e. The Morgan fingerprint density at radius 1 is 0.828 bits per heavy atom. The van der Waals surface area contributed by atoms with Gasteiger partial charge in [0, 0.05) is 37.6 Å². The predicted molar refractivity (Wildman–Crippen MR) is 114 cm³/mol. The second-order valence-corrected chi connectivity index (χ2v) is 7.59. The van der Waals surface area contributed by atoms with Gasteiger partial charge in [-0.05, 0) is 42.7 Å². The van der Waals surface area contributed by atoms with E-state index in [0.29, 0.717) is 56.4 Å². The SMILES string of the molecule is O=C(CCCc1ccccc1)N1CCN(C(=O)CCOc2ccc(Cl)cc2)CC1. The van der Waals surface area contributed by atoms with Crippen LogP contribution >= 0.6 is 11.6 Å². The van der Waals surface area contributed by atoms with Crippen LogP contribution in [0.1, 0.15) is 24.8 Å². The zero-order valence-corrected chi connectivity index (χ0v) is 17.3. The van der Waals surface area contributed by atoms with Crippen LogP contribution in [-0.2, 0) is 16.0 Å². The maximum atomic E-state index is 12.4. The highest BCUT2D eigenvalue weighted by molar-refractivity contribution is 6.30. The van der Waals surface area contributed by atoms with E-state index in [1.807, 2.05) is 28.0 Å². The molecule has 0 N–H and O–H groups in total. The summed E-state index contributed by atoms with van der Waals surface area (Å²) in [6.45, 7) is 2.72. The number of piperazine rings is 1. The van der Waals surface area contributed by atoms with Crippen molar-refractivity contribution < 1.29 is 14.3 Å². The molecule has 154 valence electrons. The average Bonchev–Trinajstić information content (AvgIpc) is 2.76. The summed E-state index contributed by atoms with van der Waals surface area (Å²) >= 11 is 5.84. The summed E-state index contributed by atoms with van der Waals surface area (Å²) in [5, 5.41) is 0.654. The molecule has 0 unspecified atom stereocenters. The molecule has 0 spiro atoms. The van der Waals surface area contributed by atoms with E-state index in [0.717, 1.165) is 12.8 Å². The van der Waals surface area contributed by atoms with E-state index in [1.165, 1.54) is 5.56 Å². The molecule has 0 atom stereocenters. The molecule has 29 heavy (non-hydrogen) atoms. The van der Waals surface area contributed by atoms with Crippen molar-refractivity contribution in [2.24, 2.45) is 0 Å². The van der Waals surface area contributed by atoms with Gasteiger partial charge in [0.15, 0.2) is 0 Å². The van der Waals surface area contributed by atoms with Gasteiger partial charge in [-0.3, -0.25) is 9.59 Å². The first-order chi connectivity index (χ1) is 14.1. The van der Waals surface area contributed by atoms with E-state index >= 15 is 0 Å². The minimum absolute atomic E-state index is 0.0649. The topological polar surface area (TPSA) is 49.9 Å². The Labute approximate surface area is 177 Å². The molecule has 1 saturated heterocycles. The molecule has 0 radical (unpaired) electrons. The molecule has 0 saturated carbocycles. The number of hydrogen-bond acceptors (Lipinski definition) is 3. The maximum Gasteiger partial charge on any atom is 0.226 e. The Hall–Kier alpha value is -2.53. The van der Waals surface area contributed by atoms with Crippen LogP contribution < -0.4 is 4.74 Å². The van der Waals surface area contributed by atoms with E-state index in [9.17, 15) is 9.59 Å². The molecular formula is C23H27ClN2O3. The highest BCUT2D eigenvalue weighted by Crippen LogP contribution is 2.16. The number of carbonyl (C=O) groups excluding carboxylic acids is 2. The van der Waals surface area contributed by atoms with Crippen LogP contribution in [0, 0.1) is 0 Å². The Morgan fingerprint density at radius 2 is 1.41 bits per heavy atom. The quantitative estimate of drug-likeness (QED) is 0.660. The fraction of sp³-hybridized carbons (Fsp3) is 0.391. The molecule has 3 rings (SSSR count). The van der Waals surface area contributed by atoms with Crippen molar-refractivity contribution in [2.45, 2.75) is 25.7 Å². The molecule has 6 heteroatoms. The van der Waals surface area contributed by atoms with E-state index in [1.54, 1.807) is 24.3 Å². The molecule has 1 heterocycles. The maximum absolute atomic E-state index is 12.4. The summed E-state index contributed by atoms with van der Waals surface area (Å²) in [4.78, 5) is 28.5. The summed E-state index contributed by atoms with van der Waals surface area (Å²) < 4.78 is 5.59. The van der Waals surface area contributed by atoms with E-state index in [-0.39, 0.29) is 11.8 Å². The Morgan fingerprint density at radius 3 is 2.03 bits per heavy atom. The van der Waals surface area contributed by atoms with Gasteiger partial charge in [-0.25, -0.2) is 0 Å². The first-order valence-corrected chi connectivity index (χ1v) is 10.5. The number of halogens is 1. The monoisotopic (exact) mass is 414 g/mol. The van der Waals surface area contributed by atoms with Crippen molar-refractivity contribution in [3.63, 3.8) is 0 Å². The lowest BCUT2D eigenvalue weighted by Crippen LogP contribution is -2.50. The minimum atomic E-state index is 0.0649. The van der Waals surface area contributed by atoms with E-state index in [4.69, 9.17) is 16.3 Å². The summed E-state index contributed by atoms with van der Waals surface area (Å²) in [6.07, 6.45) is 2.65. The molecule has 1 aliphatic heterocycles. The molecule has 0 aromatic heterocycles. The molecule has 0 aliphatic carbocycles. The first kappa shape index (κ1) is 21.2. The molecule has 1 fully saturated rings. The van der Waals surface area contributed by atoms with Gasteiger partial charge >= 0.3 is 0 Å². The van der Waals surface area contributed by atoms with Gasteiger partial charge in [0.1, 0.15) is 5.75 Å². The summed E-state index contributed by atoms with van der Waals surface area (Å²) in [7, 11) is 0. The highest BCUT2D eigenvalue weighted by Gasteiger charge is 2.23. The van der Waals surface area contributed by atoms with Crippen LogP contribution in [-0.4, -0.2) is 54.4 Å². The van der Waals surface area contributed by atoms with Gasteiger partial charge in [0.05, 0.1) is 13.0 Å². The second kappa shape index (κ2) is 10.9. The Bertz CT molecular complexity index is 788. The smallest absolute Gasteiger partial charge is 0.226 e. The van der Waals surface area contributed by atoms with Crippen LogP contribution in [0.3, 0.4) is 0 Å². The highest BCUT2D eigenvalue weighted by atomic mass is 35.5. The number of benzene rings is 2. The Kier molecular flexibility index (Phi) is 7.94. The van der Waals surface area contributed by atoms with E-state index < -0.39 is 0 Å². The number of amides is 2. The lowest BCUT2D eigenvalue weighted by Gasteiger charge is -2.35. The van der Waals surface area contributed by atoms with Crippen LogP contribution in [0.15, 0.2) is 54.6 Å². The molecular weight excluding hydrogens is 388 g/mol. The van der Waals surface area contributed by atoms with Gasteiger partial charge < -0.3 is 14.5 Å². The third-order valence-corrected chi connectivity index (χ3v) is 5.33. The van der Waals surface area contributed by atoms with Gasteiger partial charge in [-0.2, -0.15) is 0 Å². The molecule has 1 aliphatic rings. The third-order valence-electron chi connectivity index (χ3n) is 5.08. The Balaban J connectivity index is 1.32. The third kappa shape index (κ3) is 6.79. The van der Waals surface area contributed by atoms with Crippen LogP contribution in [0.25, 0.3) is 0 Å². The molecule has 0 bridgehead atoms. The summed E-state index contributed by atoms with van der Waals surface area (Å²) in [5.74, 6) is 0.947. The largest absolute Gasteiger partial charge is 0.493 e. The number of nitrogens with zero attached hydrogens (tertiary/aromatic N) is 2. The molecule has 2 amide bonds. The standard InChI is InChI=1S/C23H27ClN2O3/c24-20-9-11-21(12-10-20)29-18-13-23(28)26-16-14-25(15-17-26)22(27)8-4-7-19-5-2-1-3-6-19/h1-3,5-6,9-12H,4,7-8,13-18H2.